The second kappa shape index (κ2) is 8.55. The monoisotopic (exact) mass is 462 g/mol. The van der Waals surface area contributed by atoms with E-state index < -0.39 is 23.2 Å². The van der Waals surface area contributed by atoms with Crippen molar-refractivity contribution in [3.8, 4) is 0 Å². The van der Waals surface area contributed by atoms with Gasteiger partial charge in [-0.25, -0.2) is 0 Å². The minimum absolute atomic E-state index is 0.0903. The van der Waals surface area contributed by atoms with Gasteiger partial charge in [-0.1, -0.05) is 31.2 Å². The summed E-state index contributed by atoms with van der Waals surface area (Å²) in [5.41, 5.74) is 8.91. The molecule has 0 fully saturated rings. The van der Waals surface area contributed by atoms with E-state index in [-0.39, 0.29) is 35.6 Å². The third-order valence-corrected chi connectivity index (χ3v) is 7.88. The van der Waals surface area contributed by atoms with Gasteiger partial charge in [0.2, 0.25) is 0 Å². The van der Waals surface area contributed by atoms with Gasteiger partial charge in [-0.05, 0) is 54.2 Å². The average Bonchev–Trinajstić information content (AvgIpc) is 2.79. The number of rotatable bonds is 4. The highest BCUT2D eigenvalue weighted by atomic mass is 16.3. The minimum Gasteiger partial charge on any atom is -0.511 e. The molecule has 4 N–H and O–H groups in total. The highest BCUT2D eigenvalue weighted by molar-refractivity contribution is 6.22. The summed E-state index contributed by atoms with van der Waals surface area (Å²) >= 11 is 0. The number of hydrogen-bond acceptors (Lipinski definition) is 6. The maximum absolute atomic E-state index is 13.8. The lowest BCUT2D eigenvalue weighted by molar-refractivity contribution is -0.126. The predicted octanol–water partition coefficient (Wildman–Crippen LogP) is 3.08. The van der Waals surface area contributed by atoms with Crippen LogP contribution in [0.1, 0.15) is 53.2 Å². The summed E-state index contributed by atoms with van der Waals surface area (Å²) in [6.07, 6.45) is 7.24. The molecule has 1 amide bonds. The third-order valence-electron chi connectivity index (χ3n) is 7.88. The number of primary amides is 1. The fourth-order valence-electron chi connectivity index (χ4n) is 6.38. The highest BCUT2D eigenvalue weighted by Crippen LogP contribution is 2.49. The first kappa shape index (κ1) is 22.6. The molecule has 3 atom stereocenters. The molecular weight excluding hydrogens is 432 g/mol. The fraction of sp³-hybridized carbons (Fsp3) is 0.444. The normalized spacial score (nSPS) is 26.9. The Morgan fingerprint density at radius 2 is 1.97 bits per heavy atom. The molecule has 178 valence electrons. The number of aliphatic hydroxyl groups excluding tert-OH is 2. The minimum atomic E-state index is -1.01. The molecule has 0 bridgehead atoms. The first-order valence-electron chi connectivity index (χ1n) is 12.1. The molecule has 1 aliphatic heterocycles. The Morgan fingerprint density at radius 1 is 1.18 bits per heavy atom. The Morgan fingerprint density at radius 3 is 2.65 bits per heavy atom. The topological polar surface area (TPSA) is 121 Å². The fourth-order valence-corrected chi connectivity index (χ4v) is 6.38. The Hall–Kier alpha value is -3.19. The van der Waals surface area contributed by atoms with Gasteiger partial charge in [-0.15, -0.1) is 0 Å². The van der Waals surface area contributed by atoms with Gasteiger partial charge in [0.15, 0.2) is 11.6 Å². The number of benzene rings is 1. The molecule has 0 saturated heterocycles. The van der Waals surface area contributed by atoms with Crippen LogP contribution >= 0.6 is 0 Å². The van der Waals surface area contributed by atoms with Crippen LogP contribution in [0, 0.1) is 17.8 Å². The van der Waals surface area contributed by atoms with Crippen LogP contribution < -0.4 is 5.73 Å². The largest absolute Gasteiger partial charge is 0.511 e. The van der Waals surface area contributed by atoms with Crippen LogP contribution in [-0.4, -0.2) is 45.7 Å². The van der Waals surface area contributed by atoms with E-state index in [4.69, 9.17) is 5.73 Å². The lowest BCUT2D eigenvalue weighted by Gasteiger charge is -2.41. The van der Waals surface area contributed by atoms with Crippen LogP contribution in [-0.2, 0) is 29.0 Å². The first-order valence-corrected chi connectivity index (χ1v) is 12.1. The zero-order valence-electron chi connectivity index (χ0n) is 19.3. The quantitative estimate of drug-likeness (QED) is 0.467. The van der Waals surface area contributed by atoms with E-state index in [1.807, 2.05) is 13.0 Å². The van der Waals surface area contributed by atoms with E-state index in [0.717, 1.165) is 42.7 Å². The van der Waals surface area contributed by atoms with Gasteiger partial charge in [0.1, 0.15) is 17.1 Å². The Kier molecular flexibility index (Phi) is 5.68. The molecule has 3 aliphatic carbocycles. The van der Waals surface area contributed by atoms with Crippen LogP contribution in [0.5, 0.6) is 0 Å². The maximum Gasteiger partial charge on any atom is 0.255 e. The number of nitrogens with two attached hydrogens (primary N) is 1. The molecule has 1 aromatic carbocycles. The lowest BCUT2D eigenvalue weighted by atomic mass is 9.62. The van der Waals surface area contributed by atoms with Crippen molar-refractivity contribution in [2.45, 2.75) is 45.6 Å². The van der Waals surface area contributed by atoms with Crippen molar-refractivity contribution in [2.75, 3.05) is 13.1 Å². The summed E-state index contributed by atoms with van der Waals surface area (Å²) in [5, 5.41) is 21.5. The van der Waals surface area contributed by atoms with Gasteiger partial charge in [-0.2, -0.15) is 0 Å². The molecule has 0 saturated carbocycles. The van der Waals surface area contributed by atoms with E-state index in [1.54, 1.807) is 0 Å². The molecule has 0 aromatic heterocycles. The zero-order chi connectivity index (χ0) is 24.1. The van der Waals surface area contributed by atoms with Crippen molar-refractivity contribution < 1.29 is 24.6 Å². The molecule has 34 heavy (non-hydrogen) atoms. The number of Topliss-reactive ketones (excluding diaryl/α,β-unsaturated/α-hetero) is 2. The van der Waals surface area contributed by atoms with E-state index in [9.17, 15) is 24.6 Å². The molecule has 4 aliphatic rings. The Balaban J connectivity index is 1.55. The molecule has 7 heteroatoms. The van der Waals surface area contributed by atoms with E-state index in [2.05, 4.69) is 23.1 Å². The smallest absolute Gasteiger partial charge is 0.255 e. The second-order valence-electron chi connectivity index (χ2n) is 9.84. The summed E-state index contributed by atoms with van der Waals surface area (Å²) < 4.78 is 0. The van der Waals surface area contributed by atoms with Crippen molar-refractivity contribution >= 4 is 17.5 Å². The number of carbonyl (C=O) groups is 3. The number of aliphatic hydroxyl groups is 2. The summed E-state index contributed by atoms with van der Waals surface area (Å²) in [4.78, 5) is 41.0. The molecule has 0 spiro atoms. The van der Waals surface area contributed by atoms with Gasteiger partial charge in [-0.3, -0.25) is 19.3 Å². The van der Waals surface area contributed by atoms with Crippen LogP contribution in [0.3, 0.4) is 0 Å². The molecule has 5 rings (SSSR count). The van der Waals surface area contributed by atoms with Gasteiger partial charge in [0, 0.05) is 37.2 Å². The molecule has 0 radical (unpaired) electrons. The number of carbonyl (C=O) groups excluding carboxylic acids is 3. The zero-order valence-corrected chi connectivity index (χ0v) is 19.3. The highest BCUT2D eigenvalue weighted by Gasteiger charge is 2.50. The van der Waals surface area contributed by atoms with Gasteiger partial charge in [0.05, 0.1) is 5.92 Å². The van der Waals surface area contributed by atoms with Gasteiger partial charge < -0.3 is 15.9 Å². The number of hydrogen-bond donors (Lipinski definition) is 3. The van der Waals surface area contributed by atoms with Crippen molar-refractivity contribution in [1.29, 1.82) is 0 Å². The predicted molar refractivity (Wildman–Crippen MR) is 126 cm³/mol. The van der Waals surface area contributed by atoms with Gasteiger partial charge in [0.25, 0.3) is 5.91 Å². The summed E-state index contributed by atoms with van der Waals surface area (Å²) in [6, 6.07) is 4.16. The summed E-state index contributed by atoms with van der Waals surface area (Å²) in [7, 11) is 0. The molecule has 7 nitrogen and oxygen atoms in total. The van der Waals surface area contributed by atoms with Crippen LogP contribution in [0.25, 0.3) is 0 Å². The molecule has 1 aromatic rings. The van der Waals surface area contributed by atoms with Crippen LogP contribution in [0.4, 0.5) is 0 Å². The van der Waals surface area contributed by atoms with Crippen molar-refractivity contribution in [1.82, 2.24) is 4.90 Å². The maximum atomic E-state index is 13.8. The number of nitrogens with zero attached hydrogens (tertiary/aromatic N) is 1. The molecule has 1 heterocycles. The number of fused-ring (bicyclic) bond motifs is 3. The number of ketones is 2. The van der Waals surface area contributed by atoms with E-state index in [0.29, 0.717) is 30.4 Å². The summed E-state index contributed by atoms with van der Waals surface area (Å²) in [6.45, 7) is 4.66. The van der Waals surface area contributed by atoms with Crippen molar-refractivity contribution in [3.63, 3.8) is 0 Å². The standard InChI is InChI=1S/C27H30N2O5/c1-2-18-15(13-29-8-4-3-5-9-29)7-6-14-10-16-11-17-12-19(30)23(27(28)34)26(33)22(17)25(32)21(16)24(31)20(14)18/h3-4,6-7,16-17,22,30,32H,2,5,8-13H2,1H3,(H2,28,34). The first-order chi connectivity index (χ1) is 16.3. The van der Waals surface area contributed by atoms with Gasteiger partial charge >= 0.3 is 0 Å². The lowest BCUT2D eigenvalue weighted by Crippen LogP contribution is -2.43. The van der Waals surface area contributed by atoms with E-state index in [1.165, 1.54) is 0 Å². The van der Waals surface area contributed by atoms with E-state index >= 15 is 0 Å². The van der Waals surface area contributed by atoms with Crippen LogP contribution in [0.15, 0.2) is 46.9 Å². The number of amides is 1. The second-order valence-corrected chi connectivity index (χ2v) is 9.84. The summed E-state index contributed by atoms with van der Waals surface area (Å²) in [5.74, 6) is -4.08. The molecular formula is C27H30N2O5. The third kappa shape index (κ3) is 3.50. The Bertz CT molecular complexity index is 1190. The average molecular weight is 463 g/mol. The molecule has 3 unspecified atom stereocenters. The van der Waals surface area contributed by atoms with Crippen molar-refractivity contribution in [2.24, 2.45) is 23.5 Å². The SMILES string of the molecule is CCc1c(CN2CC=CCC2)ccc2c1C(=O)C1=C(O)C3C(=O)C(C(N)=O)=C(O)CC3CC1C2. The number of allylic oxidation sites excluding steroid dienone is 3. The van der Waals surface area contributed by atoms with Crippen molar-refractivity contribution in [3.05, 3.63) is 69.2 Å². The van der Waals surface area contributed by atoms with Crippen LogP contribution in [0.2, 0.25) is 0 Å². The Labute approximate surface area is 198 Å².